The standard InChI is InChI=1S/C55H83BrO4/c1-17-23-42(52(8,9)10)29-37(7)48(57-25-18-2)45-33-46(54(14,15)16)44-32-40-35-55(34-39(44)22-6,51(60-27-20-4)47(40)50(45)58-26-19-3)36-41-31-43(53(11,12)13)30-38(21-5)49(41)59-28-24-56/h17,23,29-34,44,47-48,51H,1,18-22,24-28,35-36H2,2-16H3/b37-29-,42-23+,46-33+,50-45-. The van der Waals surface area contributed by atoms with Crippen molar-refractivity contribution in [2.75, 3.05) is 31.8 Å². The molecule has 3 aliphatic carbocycles. The minimum Gasteiger partial charge on any atom is -0.497 e. The molecule has 0 saturated heterocycles. The molecule has 0 N–H and O–H groups in total. The largest absolute Gasteiger partial charge is 0.497 e. The van der Waals surface area contributed by atoms with Gasteiger partial charge in [0.15, 0.2) is 0 Å². The number of fused-ring (bicyclic) bond motifs is 2. The Morgan fingerprint density at radius 3 is 2.08 bits per heavy atom. The van der Waals surface area contributed by atoms with E-state index in [1.54, 1.807) is 0 Å². The van der Waals surface area contributed by atoms with Gasteiger partial charge in [-0.1, -0.05) is 185 Å². The second-order valence-electron chi connectivity index (χ2n) is 20.7. The van der Waals surface area contributed by atoms with Gasteiger partial charge in [0.25, 0.3) is 0 Å². The molecule has 0 spiro atoms. The first kappa shape index (κ1) is 50.0. The van der Waals surface area contributed by atoms with Crippen LogP contribution in [-0.2, 0) is 32.5 Å². The maximum absolute atomic E-state index is 7.36. The van der Waals surface area contributed by atoms with Crippen molar-refractivity contribution in [3.05, 3.63) is 111 Å². The molecule has 5 unspecified atom stereocenters. The van der Waals surface area contributed by atoms with E-state index in [1.807, 2.05) is 6.08 Å². The molecule has 1 fully saturated rings. The van der Waals surface area contributed by atoms with Gasteiger partial charge in [0, 0.05) is 35.4 Å². The van der Waals surface area contributed by atoms with Crippen molar-refractivity contribution >= 4 is 15.9 Å². The highest BCUT2D eigenvalue weighted by molar-refractivity contribution is 9.09. The molecular formula is C55H83BrO4. The van der Waals surface area contributed by atoms with Crippen LogP contribution in [0.2, 0.25) is 0 Å². The number of alkyl halides is 1. The van der Waals surface area contributed by atoms with Gasteiger partial charge < -0.3 is 18.9 Å². The number of ether oxygens (including phenoxy) is 4. The topological polar surface area (TPSA) is 36.9 Å². The Morgan fingerprint density at radius 2 is 1.53 bits per heavy atom. The maximum Gasteiger partial charge on any atom is 0.125 e. The summed E-state index contributed by atoms with van der Waals surface area (Å²) in [5.41, 5.74) is 11.2. The van der Waals surface area contributed by atoms with Crippen molar-refractivity contribution in [3.63, 3.8) is 0 Å². The molecule has 60 heavy (non-hydrogen) atoms. The number of halogens is 1. The Morgan fingerprint density at radius 1 is 0.867 bits per heavy atom. The van der Waals surface area contributed by atoms with Crippen LogP contribution in [-0.4, -0.2) is 44.0 Å². The van der Waals surface area contributed by atoms with E-state index in [1.165, 1.54) is 44.6 Å². The lowest BCUT2D eigenvalue weighted by molar-refractivity contribution is -0.0304. The summed E-state index contributed by atoms with van der Waals surface area (Å²) in [5.74, 6) is 2.16. The quantitative estimate of drug-likeness (QED) is 0.0743. The van der Waals surface area contributed by atoms with E-state index in [2.05, 4.69) is 169 Å². The fourth-order valence-corrected chi connectivity index (χ4v) is 9.70. The SMILES string of the molecule is C=C/C=C(\C=C(\C)C(OCCC)C1=C(\OCCC)C2C3=CC(C(CC)=CC(Cc4cc(C(C)(C)C)cc(CC)c4OCCBr)(C3)C2OCCC)/C(C(C)(C)C)=C\1)C(C)(C)C. The van der Waals surface area contributed by atoms with E-state index in [4.69, 9.17) is 18.9 Å². The first-order chi connectivity index (χ1) is 28.2. The van der Waals surface area contributed by atoms with Crippen LogP contribution in [0.25, 0.3) is 0 Å². The van der Waals surface area contributed by atoms with Crippen molar-refractivity contribution in [1.29, 1.82) is 0 Å². The van der Waals surface area contributed by atoms with E-state index >= 15 is 0 Å². The molecule has 334 valence electrons. The van der Waals surface area contributed by atoms with Crippen LogP contribution in [0.1, 0.15) is 153 Å². The van der Waals surface area contributed by atoms with Crippen LogP contribution >= 0.6 is 15.9 Å². The van der Waals surface area contributed by atoms with Gasteiger partial charge in [0.2, 0.25) is 0 Å². The number of allylic oxidation sites excluding steroid dienone is 7. The summed E-state index contributed by atoms with van der Waals surface area (Å²) in [6.45, 7) is 41.1. The fourth-order valence-electron chi connectivity index (χ4n) is 9.54. The third-order valence-corrected chi connectivity index (χ3v) is 12.9. The van der Waals surface area contributed by atoms with Crippen molar-refractivity contribution in [2.45, 2.75) is 166 Å². The molecule has 1 aromatic rings. The molecule has 1 aromatic carbocycles. The monoisotopic (exact) mass is 887 g/mol. The lowest BCUT2D eigenvalue weighted by Gasteiger charge is -2.41. The maximum atomic E-state index is 7.36. The predicted octanol–water partition coefficient (Wildman–Crippen LogP) is 15.1. The molecular weight excluding hydrogens is 805 g/mol. The summed E-state index contributed by atoms with van der Waals surface area (Å²) in [6, 6.07) is 4.85. The number of hydrogen-bond donors (Lipinski definition) is 0. The summed E-state index contributed by atoms with van der Waals surface area (Å²) in [4.78, 5) is 0. The van der Waals surface area contributed by atoms with Gasteiger partial charge in [0.05, 0.1) is 25.2 Å². The highest BCUT2D eigenvalue weighted by Gasteiger charge is 2.56. The summed E-state index contributed by atoms with van der Waals surface area (Å²) in [5, 5.41) is 0.782. The number of aryl methyl sites for hydroxylation is 1. The molecule has 3 bridgehead atoms. The second-order valence-corrected chi connectivity index (χ2v) is 21.5. The second kappa shape index (κ2) is 21.2. The van der Waals surface area contributed by atoms with Crippen LogP contribution in [0.3, 0.4) is 0 Å². The van der Waals surface area contributed by atoms with E-state index in [0.29, 0.717) is 26.4 Å². The number of hydrogen-bond acceptors (Lipinski definition) is 4. The molecule has 0 aromatic heterocycles. The average molecular weight is 888 g/mol. The molecule has 1 saturated carbocycles. The van der Waals surface area contributed by atoms with Gasteiger partial charge in [-0.3, -0.25) is 0 Å². The number of benzene rings is 1. The van der Waals surface area contributed by atoms with Crippen LogP contribution in [0.15, 0.2) is 94.4 Å². The smallest absolute Gasteiger partial charge is 0.125 e. The lowest BCUT2D eigenvalue weighted by atomic mass is 9.68. The van der Waals surface area contributed by atoms with E-state index < -0.39 is 0 Å². The molecule has 3 aliphatic rings. The third kappa shape index (κ3) is 11.5. The molecule has 5 heteroatoms. The van der Waals surface area contributed by atoms with Gasteiger partial charge in [-0.25, -0.2) is 0 Å². The first-order valence-corrected chi connectivity index (χ1v) is 24.5. The third-order valence-electron chi connectivity index (χ3n) is 12.6. The fraction of sp³-hybridized carbons (Fsp3) is 0.636. The van der Waals surface area contributed by atoms with Gasteiger partial charge in [-0.2, -0.15) is 0 Å². The van der Waals surface area contributed by atoms with Gasteiger partial charge in [-0.15, -0.1) is 0 Å². The Balaban J connectivity index is 2.20. The van der Waals surface area contributed by atoms with E-state index in [9.17, 15) is 0 Å². The van der Waals surface area contributed by atoms with Gasteiger partial charge in [-0.05, 0) is 96.0 Å². The molecule has 0 radical (unpaired) electrons. The predicted molar refractivity (Wildman–Crippen MR) is 260 cm³/mol. The zero-order valence-electron chi connectivity index (χ0n) is 40.6. The molecule has 4 rings (SSSR count). The summed E-state index contributed by atoms with van der Waals surface area (Å²) < 4.78 is 28.5. The van der Waals surface area contributed by atoms with Gasteiger partial charge >= 0.3 is 0 Å². The molecule has 0 amide bonds. The number of rotatable bonds is 20. The highest BCUT2D eigenvalue weighted by atomic mass is 79.9. The Labute approximate surface area is 376 Å². The molecule has 5 atom stereocenters. The van der Waals surface area contributed by atoms with Crippen LogP contribution in [0, 0.1) is 28.1 Å². The summed E-state index contributed by atoms with van der Waals surface area (Å²) in [7, 11) is 0. The Bertz CT molecular complexity index is 1830. The summed E-state index contributed by atoms with van der Waals surface area (Å²) in [6.07, 6.45) is 20.2. The average Bonchev–Trinajstić information content (AvgIpc) is 3.33. The van der Waals surface area contributed by atoms with Crippen LogP contribution in [0.4, 0.5) is 0 Å². The van der Waals surface area contributed by atoms with Crippen molar-refractivity contribution in [1.82, 2.24) is 0 Å². The van der Waals surface area contributed by atoms with E-state index in [0.717, 1.165) is 67.4 Å². The molecule has 0 heterocycles. The first-order valence-electron chi connectivity index (χ1n) is 23.4. The van der Waals surface area contributed by atoms with Crippen molar-refractivity contribution in [3.8, 4) is 5.75 Å². The van der Waals surface area contributed by atoms with Crippen molar-refractivity contribution < 1.29 is 18.9 Å². The van der Waals surface area contributed by atoms with Gasteiger partial charge in [0.1, 0.15) is 17.6 Å². The van der Waals surface area contributed by atoms with Crippen LogP contribution < -0.4 is 4.74 Å². The Kier molecular flexibility index (Phi) is 17.7. The zero-order chi connectivity index (χ0) is 44.6. The van der Waals surface area contributed by atoms with E-state index in [-0.39, 0.29) is 45.7 Å². The molecule has 0 aliphatic heterocycles. The molecule has 4 nitrogen and oxygen atoms in total. The van der Waals surface area contributed by atoms with Crippen molar-refractivity contribution in [2.24, 2.45) is 28.1 Å². The minimum atomic E-state index is -0.331. The lowest BCUT2D eigenvalue weighted by Crippen LogP contribution is -2.40. The minimum absolute atomic E-state index is 0.0106. The van der Waals surface area contributed by atoms with Crippen LogP contribution in [0.5, 0.6) is 5.75 Å². The Hall–Kier alpha value is -2.60. The normalized spacial score (nSPS) is 25.2. The summed E-state index contributed by atoms with van der Waals surface area (Å²) >= 11 is 3.67. The zero-order valence-corrected chi connectivity index (χ0v) is 42.2. The highest BCUT2D eigenvalue weighted by Crippen LogP contribution is 2.60.